The number of fused-ring (bicyclic) bond motifs is 1. The molecule has 0 saturated heterocycles. The van der Waals surface area contributed by atoms with Gasteiger partial charge in [-0.05, 0) is 48.8 Å². The molecular weight excluding hydrogens is 354 g/mol. The second-order valence-electron chi connectivity index (χ2n) is 5.63. The van der Waals surface area contributed by atoms with Crippen LogP contribution in [0.2, 0.25) is 0 Å². The van der Waals surface area contributed by atoms with Crippen molar-refractivity contribution < 1.29 is 19.1 Å². The van der Waals surface area contributed by atoms with Gasteiger partial charge in [0.05, 0.1) is 6.21 Å². The summed E-state index contributed by atoms with van der Waals surface area (Å²) >= 11 is 3.37. The van der Waals surface area contributed by atoms with Crippen LogP contribution >= 0.6 is 15.9 Å². The van der Waals surface area contributed by atoms with Gasteiger partial charge >= 0.3 is 11.8 Å². The maximum Gasteiger partial charge on any atom is 0.329 e. The topological polar surface area (TPSA) is 89.0 Å². The van der Waals surface area contributed by atoms with E-state index >= 15 is 0 Å². The smallest absolute Gasteiger partial charge is 0.329 e. The molecule has 0 bridgehead atoms. The summed E-state index contributed by atoms with van der Waals surface area (Å²) in [4.78, 5) is 23.2. The van der Waals surface area contributed by atoms with Crippen LogP contribution in [0.3, 0.4) is 0 Å². The molecule has 1 aromatic carbocycles. The van der Waals surface area contributed by atoms with Gasteiger partial charge in [0.25, 0.3) is 0 Å². The quantitative estimate of drug-likeness (QED) is 0.470. The fraction of sp³-hybridized carbons (Fsp3) is 0.357. The first-order chi connectivity index (χ1) is 10.3. The normalized spacial score (nSPS) is 13.3. The van der Waals surface area contributed by atoms with E-state index in [9.17, 15) is 9.59 Å². The Labute approximate surface area is 136 Å². The number of rotatable bonds is 2. The Bertz CT molecular complexity index is 638. The zero-order valence-corrected chi connectivity index (χ0v) is 14.0. The lowest BCUT2D eigenvalue weighted by atomic mass is 10.1. The highest BCUT2D eigenvalue weighted by atomic mass is 79.9. The Morgan fingerprint density at radius 3 is 2.50 bits per heavy atom. The van der Waals surface area contributed by atoms with Crippen LogP contribution < -0.4 is 20.2 Å². The average Bonchev–Trinajstić information content (AvgIpc) is 2.83. The molecule has 118 valence electrons. The monoisotopic (exact) mass is 369 g/mol. The molecule has 1 aliphatic rings. The molecule has 7 nitrogen and oxygen atoms in total. The largest absolute Gasteiger partial charge is 0.454 e. The van der Waals surface area contributed by atoms with E-state index in [0.29, 0.717) is 17.1 Å². The molecule has 0 aliphatic carbocycles. The van der Waals surface area contributed by atoms with Gasteiger partial charge < -0.3 is 14.8 Å². The number of carbonyl (C=O) groups is 2. The van der Waals surface area contributed by atoms with Crippen molar-refractivity contribution in [2.24, 2.45) is 5.10 Å². The van der Waals surface area contributed by atoms with Crippen LogP contribution in [0.25, 0.3) is 0 Å². The minimum absolute atomic E-state index is 0.173. The number of amides is 2. The molecule has 0 spiro atoms. The third-order valence-corrected chi connectivity index (χ3v) is 3.24. The number of ether oxygens (including phenoxy) is 2. The summed E-state index contributed by atoms with van der Waals surface area (Å²) in [5.74, 6) is -0.337. The predicted octanol–water partition coefficient (Wildman–Crippen LogP) is 1.54. The first-order valence-electron chi connectivity index (χ1n) is 6.51. The molecular formula is C14H16BrN3O4. The highest BCUT2D eigenvalue weighted by Gasteiger charge is 2.20. The third-order valence-electron chi connectivity index (χ3n) is 2.56. The molecule has 22 heavy (non-hydrogen) atoms. The minimum atomic E-state index is -0.831. The molecule has 0 radical (unpaired) electrons. The molecule has 8 heteroatoms. The molecule has 0 unspecified atom stereocenters. The second-order valence-corrected chi connectivity index (χ2v) is 6.48. The van der Waals surface area contributed by atoms with E-state index in [1.807, 2.05) is 0 Å². The lowest BCUT2D eigenvalue weighted by molar-refractivity contribution is -0.140. The number of hydrazone groups is 1. The van der Waals surface area contributed by atoms with Gasteiger partial charge in [-0.25, -0.2) is 5.43 Å². The van der Waals surface area contributed by atoms with Crippen LogP contribution in [0.15, 0.2) is 21.7 Å². The van der Waals surface area contributed by atoms with Gasteiger partial charge in [-0.15, -0.1) is 0 Å². The van der Waals surface area contributed by atoms with E-state index in [2.05, 4.69) is 31.8 Å². The molecule has 0 saturated carbocycles. The Balaban J connectivity index is 1.98. The number of nitrogens with zero attached hydrogens (tertiary/aromatic N) is 1. The highest BCUT2D eigenvalue weighted by molar-refractivity contribution is 9.10. The van der Waals surface area contributed by atoms with Crippen LogP contribution in [-0.4, -0.2) is 30.4 Å². The van der Waals surface area contributed by atoms with E-state index in [-0.39, 0.29) is 6.79 Å². The zero-order valence-electron chi connectivity index (χ0n) is 12.4. The number of hydrogen-bond acceptors (Lipinski definition) is 5. The summed E-state index contributed by atoms with van der Waals surface area (Å²) in [7, 11) is 0. The number of hydrogen-bond donors (Lipinski definition) is 2. The summed E-state index contributed by atoms with van der Waals surface area (Å²) in [6.07, 6.45) is 1.41. The lowest BCUT2D eigenvalue weighted by Gasteiger charge is -2.19. The van der Waals surface area contributed by atoms with E-state index in [1.165, 1.54) is 6.21 Å². The van der Waals surface area contributed by atoms with Crippen LogP contribution in [0, 0.1) is 0 Å². The van der Waals surface area contributed by atoms with Crippen LogP contribution in [-0.2, 0) is 9.59 Å². The van der Waals surface area contributed by atoms with Crippen LogP contribution in [0.1, 0.15) is 26.3 Å². The van der Waals surface area contributed by atoms with Gasteiger partial charge in [-0.3, -0.25) is 9.59 Å². The highest BCUT2D eigenvalue weighted by Crippen LogP contribution is 2.36. The zero-order chi connectivity index (χ0) is 16.3. The fourth-order valence-corrected chi connectivity index (χ4v) is 2.07. The van der Waals surface area contributed by atoms with Crippen molar-refractivity contribution in [2.45, 2.75) is 26.3 Å². The Hall–Kier alpha value is -2.09. The number of halogens is 1. The van der Waals surface area contributed by atoms with E-state index in [1.54, 1.807) is 32.9 Å². The van der Waals surface area contributed by atoms with Crippen molar-refractivity contribution in [3.63, 3.8) is 0 Å². The van der Waals surface area contributed by atoms with Gasteiger partial charge in [0.2, 0.25) is 6.79 Å². The van der Waals surface area contributed by atoms with Crippen LogP contribution in [0.5, 0.6) is 11.5 Å². The standard InChI is InChI=1S/C14H16BrN3O4/c1-14(2,3)17-12(19)13(20)18-16-6-8-4-10-11(5-9(8)15)22-7-21-10/h4-6H,7H2,1-3H3,(H,17,19)(H,18,20)/b16-6+. The SMILES string of the molecule is CC(C)(C)NC(=O)C(=O)N/N=C/c1cc2c(cc1Br)OCO2. The lowest BCUT2D eigenvalue weighted by Crippen LogP contribution is -2.47. The Morgan fingerprint density at radius 1 is 1.23 bits per heavy atom. The summed E-state index contributed by atoms with van der Waals surface area (Å²) in [5, 5.41) is 6.31. The number of carbonyl (C=O) groups excluding carboxylic acids is 2. The number of nitrogens with one attached hydrogen (secondary N) is 2. The first-order valence-corrected chi connectivity index (χ1v) is 7.30. The molecule has 1 aliphatic heterocycles. The fourth-order valence-electron chi connectivity index (χ4n) is 1.64. The van der Waals surface area contributed by atoms with Crippen molar-refractivity contribution in [1.29, 1.82) is 0 Å². The summed E-state index contributed by atoms with van der Waals surface area (Å²) < 4.78 is 11.2. The molecule has 1 aromatic rings. The van der Waals surface area contributed by atoms with Crippen molar-refractivity contribution in [3.05, 3.63) is 22.2 Å². The second kappa shape index (κ2) is 6.35. The third kappa shape index (κ3) is 4.20. The van der Waals surface area contributed by atoms with E-state index in [0.717, 1.165) is 4.47 Å². The van der Waals surface area contributed by atoms with E-state index in [4.69, 9.17) is 9.47 Å². The van der Waals surface area contributed by atoms with Crippen LogP contribution in [0.4, 0.5) is 0 Å². The van der Waals surface area contributed by atoms with Gasteiger partial charge in [0.1, 0.15) is 0 Å². The Morgan fingerprint density at radius 2 is 1.86 bits per heavy atom. The first kappa shape index (κ1) is 16.3. The maximum atomic E-state index is 11.6. The van der Waals surface area contributed by atoms with Crippen molar-refractivity contribution >= 4 is 34.0 Å². The maximum absolute atomic E-state index is 11.6. The molecule has 2 amide bonds. The van der Waals surface area contributed by atoms with Gasteiger partial charge in [-0.1, -0.05) is 0 Å². The van der Waals surface area contributed by atoms with Gasteiger partial charge in [0, 0.05) is 15.6 Å². The molecule has 1 heterocycles. The van der Waals surface area contributed by atoms with Crippen molar-refractivity contribution in [1.82, 2.24) is 10.7 Å². The molecule has 0 atom stereocenters. The number of benzene rings is 1. The Kier molecular flexibility index (Phi) is 4.70. The van der Waals surface area contributed by atoms with Crippen molar-refractivity contribution in [3.8, 4) is 11.5 Å². The summed E-state index contributed by atoms with van der Waals surface area (Å²) in [5.41, 5.74) is 2.37. The van der Waals surface area contributed by atoms with E-state index < -0.39 is 17.4 Å². The van der Waals surface area contributed by atoms with Gasteiger partial charge in [-0.2, -0.15) is 5.10 Å². The molecule has 2 rings (SSSR count). The summed E-state index contributed by atoms with van der Waals surface area (Å²) in [6, 6.07) is 3.47. The summed E-state index contributed by atoms with van der Waals surface area (Å²) in [6.45, 7) is 5.52. The molecule has 0 fully saturated rings. The minimum Gasteiger partial charge on any atom is -0.454 e. The predicted molar refractivity (Wildman–Crippen MR) is 83.9 cm³/mol. The molecule has 2 N–H and O–H groups in total. The van der Waals surface area contributed by atoms with Crippen molar-refractivity contribution in [2.75, 3.05) is 6.79 Å². The average molecular weight is 370 g/mol. The molecule has 0 aromatic heterocycles. The van der Waals surface area contributed by atoms with Gasteiger partial charge in [0.15, 0.2) is 11.5 Å².